The Hall–Kier alpha value is -4.32. The van der Waals surface area contributed by atoms with E-state index in [9.17, 15) is 18.0 Å². The van der Waals surface area contributed by atoms with Crippen molar-refractivity contribution in [1.29, 1.82) is 0 Å². The molecule has 33 heavy (non-hydrogen) atoms. The second-order valence-corrected chi connectivity index (χ2v) is 8.78. The SMILES string of the molecule is CN(c1ccccc1)S(=O)(=O)c1cccc(NC(=O)Cn2c(-c3ncccn3)noc2=O)c1. The summed E-state index contributed by atoms with van der Waals surface area (Å²) in [6.07, 6.45) is 2.93. The van der Waals surface area contributed by atoms with E-state index >= 15 is 0 Å². The summed E-state index contributed by atoms with van der Waals surface area (Å²) in [5.74, 6) is -1.33. The minimum absolute atomic E-state index is 0.00318. The zero-order valence-corrected chi connectivity index (χ0v) is 18.1. The van der Waals surface area contributed by atoms with Gasteiger partial charge in [-0.1, -0.05) is 29.4 Å². The lowest BCUT2D eigenvalue weighted by atomic mass is 10.3. The monoisotopic (exact) mass is 466 g/mol. The number of hydrogen-bond donors (Lipinski definition) is 1. The van der Waals surface area contributed by atoms with E-state index in [0.29, 0.717) is 5.69 Å². The average Bonchev–Trinajstić information content (AvgIpc) is 3.19. The van der Waals surface area contributed by atoms with Gasteiger partial charge in [0.05, 0.1) is 10.6 Å². The summed E-state index contributed by atoms with van der Waals surface area (Å²) in [7, 11) is -2.42. The molecule has 2 aromatic carbocycles. The first-order valence-electron chi connectivity index (χ1n) is 9.64. The van der Waals surface area contributed by atoms with Crippen LogP contribution < -0.4 is 15.4 Å². The van der Waals surface area contributed by atoms with Gasteiger partial charge in [0.15, 0.2) is 5.82 Å². The van der Waals surface area contributed by atoms with E-state index in [4.69, 9.17) is 0 Å². The maximum atomic E-state index is 13.0. The first-order valence-corrected chi connectivity index (χ1v) is 11.1. The summed E-state index contributed by atoms with van der Waals surface area (Å²) >= 11 is 0. The number of anilines is 2. The molecule has 2 heterocycles. The number of rotatable bonds is 7. The van der Waals surface area contributed by atoms with Crippen LogP contribution in [0.1, 0.15) is 0 Å². The lowest BCUT2D eigenvalue weighted by molar-refractivity contribution is -0.116. The van der Waals surface area contributed by atoms with Gasteiger partial charge in [-0.25, -0.2) is 27.7 Å². The third kappa shape index (κ3) is 4.65. The highest BCUT2D eigenvalue weighted by Gasteiger charge is 2.22. The third-order valence-electron chi connectivity index (χ3n) is 4.65. The standard InChI is InChI=1S/C21H18N6O5S/c1-26(16-8-3-2-4-9-16)33(30,31)17-10-5-7-15(13-17)24-18(28)14-27-20(25-32-21(27)29)19-22-11-6-12-23-19/h2-13H,14H2,1H3,(H,24,28). The predicted octanol–water partition coefficient (Wildman–Crippen LogP) is 1.76. The van der Waals surface area contributed by atoms with Crippen molar-refractivity contribution in [2.24, 2.45) is 0 Å². The average molecular weight is 466 g/mol. The van der Waals surface area contributed by atoms with E-state index < -0.39 is 28.2 Å². The molecule has 1 amide bonds. The van der Waals surface area contributed by atoms with E-state index in [2.05, 4.69) is 25.0 Å². The molecule has 11 nitrogen and oxygen atoms in total. The lowest BCUT2D eigenvalue weighted by Crippen LogP contribution is -2.27. The molecule has 4 rings (SSSR count). The van der Waals surface area contributed by atoms with Crippen LogP contribution in [-0.4, -0.2) is 41.1 Å². The summed E-state index contributed by atoms with van der Waals surface area (Å²) in [6.45, 7) is -0.434. The molecule has 1 N–H and O–H groups in total. The normalized spacial score (nSPS) is 11.2. The Kier molecular flexibility index (Phi) is 6.00. The predicted molar refractivity (Wildman–Crippen MR) is 119 cm³/mol. The molecule has 0 aliphatic heterocycles. The lowest BCUT2D eigenvalue weighted by Gasteiger charge is -2.19. The minimum Gasteiger partial charge on any atom is -0.324 e. The van der Waals surface area contributed by atoms with Crippen molar-refractivity contribution in [2.45, 2.75) is 11.4 Å². The molecule has 168 valence electrons. The van der Waals surface area contributed by atoms with E-state index in [1.165, 1.54) is 43.7 Å². The number of nitrogens with one attached hydrogen (secondary N) is 1. The molecule has 0 fully saturated rings. The summed E-state index contributed by atoms with van der Waals surface area (Å²) in [5.41, 5.74) is 0.735. The molecule has 0 aliphatic carbocycles. The number of para-hydroxylation sites is 1. The first-order chi connectivity index (χ1) is 15.9. The molecule has 0 bridgehead atoms. The smallest absolute Gasteiger partial charge is 0.324 e. The Morgan fingerprint density at radius 1 is 1.06 bits per heavy atom. The maximum absolute atomic E-state index is 13.0. The van der Waals surface area contributed by atoms with E-state index in [1.54, 1.807) is 36.4 Å². The van der Waals surface area contributed by atoms with Crippen molar-refractivity contribution in [1.82, 2.24) is 19.7 Å². The van der Waals surface area contributed by atoms with Crippen LogP contribution in [0.4, 0.5) is 11.4 Å². The second-order valence-electron chi connectivity index (χ2n) is 6.81. The van der Waals surface area contributed by atoms with Gasteiger partial charge in [0.2, 0.25) is 11.7 Å². The van der Waals surface area contributed by atoms with Crippen molar-refractivity contribution in [2.75, 3.05) is 16.7 Å². The van der Waals surface area contributed by atoms with Crippen LogP contribution in [0.15, 0.2) is 87.3 Å². The summed E-state index contributed by atoms with van der Waals surface area (Å²) in [6, 6.07) is 16.0. The topological polar surface area (TPSA) is 140 Å². The van der Waals surface area contributed by atoms with Crippen molar-refractivity contribution < 1.29 is 17.7 Å². The van der Waals surface area contributed by atoms with Crippen LogP contribution in [0, 0.1) is 0 Å². The van der Waals surface area contributed by atoms with Crippen LogP contribution in [0.25, 0.3) is 11.6 Å². The Labute approximate surface area is 188 Å². The van der Waals surface area contributed by atoms with Gasteiger partial charge < -0.3 is 5.32 Å². The second kappa shape index (κ2) is 9.04. The zero-order chi connectivity index (χ0) is 23.4. The molecule has 0 radical (unpaired) electrons. The number of benzene rings is 2. The van der Waals surface area contributed by atoms with Crippen LogP contribution >= 0.6 is 0 Å². The third-order valence-corrected chi connectivity index (χ3v) is 6.43. The van der Waals surface area contributed by atoms with E-state index in [-0.39, 0.29) is 22.2 Å². The molecule has 2 aromatic heterocycles. The largest absolute Gasteiger partial charge is 0.442 e. The van der Waals surface area contributed by atoms with E-state index in [1.807, 2.05) is 0 Å². The minimum atomic E-state index is -3.86. The first kappa shape index (κ1) is 21.9. The fourth-order valence-corrected chi connectivity index (χ4v) is 4.24. The Morgan fingerprint density at radius 3 is 2.52 bits per heavy atom. The van der Waals surface area contributed by atoms with Crippen LogP contribution in [-0.2, 0) is 21.4 Å². The number of carbonyl (C=O) groups excluding carboxylic acids is 1. The van der Waals surface area contributed by atoms with Gasteiger partial charge in [-0.3, -0.25) is 13.6 Å². The molecule has 12 heteroatoms. The van der Waals surface area contributed by atoms with Crippen molar-refractivity contribution in [3.05, 3.63) is 83.6 Å². The number of aromatic nitrogens is 4. The highest BCUT2D eigenvalue weighted by Crippen LogP contribution is 2.23. The fourth-order valence-electron chi connectivity index (χ4n) is 3.00. The van der Waals surface area contributed by atoms with Crippen molar-refractivity contribution in [3.63, 3.8) is 0 Å². The zero-order valence-electron chi connectivity index (χ0n) is 17.3. The number of hydrogen-bond acceptors (Lipinski definition) is 8. The van der Waals surface area contributed by atoms with Gasteiger partial charge in [-0.15, -0.1) is 0 Å². The molecule has 0 saturated carbocycles. The summed E-state index contributed by atoms with van der Waals surface area (Å²) < 4.78 is 32.8. The van der Waals surface area contributed by atoms with Crippen molar-refractivity contribution >= 4 is 27.3 Å². The molecule has 4 aromatic rings. The molecule has 0 aliphatic rings. The van der Waals surface area contributed by atoms with Crippen LogP contribution in [0.3, 0.4) is 0 Å². The number of carbonyl (C=O) groups is 1. The Bertz CT molecular complexity index is 1430. The highest BCUT2D eigenvalue weighted by atomic mass is 32.2. The number of amides is 1. The molecule has 0 unspecified atom stereocenters. The van der Waals surface area contributed by atoms with Crippen LogP contribution in [0.5, 0.6) is 0 Å². The number of sulfonamides is 1. The van der Waals surface area contributed by atoms with Gasteiger partial charge in [0, 0.05) is 25.1 Å². The highest BCUT2D eigenvalue weighted by molar-refractivity contribution is 7.92. The quantitative estimate of drug-likeness (QED) is 0.434. The molecular formula is C21H18N6O5S. The molecule has 0 spiro atoms. The van der Waals surface area contributed by atoms with E-state index in [0.717, 1.165) is 8.87 Å². The fraction of sp³-hybridized carbons (Fsp3) is 0.0952. The van der Waals surface area contributed by atoms with Gasteiger partial charge in [0.1, 0.15) is 6.54 Å². The van der Waals surface area contributed by atoms with Gasteiger partial charge >= 0.3 is 5.76 Å². The summed E-state index contributed by atoms with van der Waals surface area (Å²) in [5, 5.41) is 6.21. The molecular weight excluding hydrogens is 448 g/mol. The Balaban J connectivity index is 1.54. The molecule has 0 saturated heterocycles. The van der Waals surface area contributed by atoms with Crippen LogP contribution in [0.2, 0.25) is 0 Å². The Morgan fingerprint density at radius 2 is 1.79 bits per heavy atom. The van der Waals surface area contributed by atoms with Gasteiger partial charge in [-0.05, 0) is 36.4 Å². The molecule has 0 atom stereocenters. The number of nitrogens with zero attached hydrogens (tertiary/aromatic N) is 5. The van der Waals surface area contributed by atoms with Crippen molar-refractivity contribution in [3.8, 4) is 11.6 Å². The van der Waals surface area contributed by atoms with Gasteiger partial charge in [0.25, 0.3) is 10.0 Å². The summed E-state index contributed by atoms with van der Waals surface area (Å²) in [4.78, 5) is 32.6. The van der Waals surface area contributed by atoms with Gasteiger partial charge in [-0.2, -0.15) is 0 Å². The maximum Gasteiger partial charge on any atom is 0.442 e.